The zero-order valence-electron chi connectivity index (χ0n) is 18.7. The quantitative estimate of drug-likeness (QED) is 0.486. The molecule has 1 spiro atoms. The van der Waals surface area contributed by atoms with E-state index >= 15 is 0 Å². The van der Waals surface area contributed by atoms with Crippen LogP contribution < -0.4 is 0 Å². The van der Waals surface area contributed by atoms with Gasteiger partial charge in [0, 0.05) is 19.5 Å². The van der Waals surface area contributed by atoms with Crippen LogP contribution in [0, 0.1) is 34.0 Å². The summed E-state index contributed by atoms with van der Waals surface area (Å²) in [5, 5.41) is 9.74. The highest BCUT2D eigenvalue weighted by Crippen LogP contribution is 2.73. The van der Waals surface area contributed by atoms with Crippen LogP contribution in [0.4, 0.5) is 0 Å². The van der Waals surface area contributed by atoms with E-state index in [9.17, 15) is 4.79 Å². The molecular weight excluding hydrogens is 404 g/mol. The minimum Gasteiger partial charge on any atom is -0.342 e. The van der Waals surface area contributed by atoms with Crippen molar-refractivity contribution in [2.75, 3.05) is 13.1 Å². The number of amides is 1. The molecule has 1 unspecified atom stereocenters. The lowest BCUT2D eigenvalue weighted by atomic mass is 9.75. The Balaban J connectivity index is 1.28. The van der Waals surface area contributed by atoms with Gasteiger partial charge in [0.2, 0.25) is 5.91 Å². The van der Waals surface area contributed by atoms with Gasteiger partial charge in [-0.15, -0.1) is 0 Å². The summed E-state index contributed by atoms with van der Waals surface area (Å²) in [5.41, 5.74) is 2.56. The lowest BCUT2D eigenvalue weighted by Gasteiger charge is -2.30. The van der Waals surface area contributed by atoms with E-state index in [2.05, 4.69) is 17.0 Å². The SMILES string of the molecule is N#Cc1ccc(CCC2(CC3CCCCC3)C[C@]23CCN(C(=O)CC2CC2)C3)cc1Cl. The number of benzene rings is 1. The van der Waals surface area contributed by atoms with Gasteiger partial charge in [0.15, 0.2) is 0 Å². The Hall–Kier alpha value is -1.53. The Bertz CT molecular complexity index is 882. The van der Waals surface area contributed by atoms with E-state index in [4.69, 9.17) is 16.9 Å². The molecular formula is C27H35ClN2O. The minimum atomic E-state index is 0.361. The van der Waals surface area contributed by atoms with Gasteiger partial charge in [-0.3, -0.25) is 4.79 Å². The summed E-state index contributed by atoms with van der Waals surface area (Å²) in [4.78, 5) is 15.0. The van der Waals surface area contributed by atoms with Crippen LogP contribution in [0.3, 0.4) is 0 Å². The van der Waals surface area contributed by atoms with Crippen LogP contribution in [0.1, 0.15) is 88.2 Å². The molecule has 3 saturated carbocycles. The number of hydrogen-bond acceptors (Lipinski definition) is 2. The average Bonchev–Trinajstić information content (AvgIpc) is 3.64. The fraction of sp³-hybridized carbons (Fsp3) is 0.704. The zero-order chi connectivity index (χ0) is 21.5. The maximum absolute atomic E-state index is 12.8. The number of hydrogen-bond donors (Lipinski definition) is 0. The van der Waals surface area contributed by atoms with Crippen molar-refractivity contribution in [1.29, 1.82) is 5.26 Å². The van der Waals surface area contributed by atoms with Crippen LogP contribution >= 0.6 is 11.6 Å². The predicted octanol–water partition coefficient (Wildman–Crippen LogP) is 6.52. The number of halogens is 1. The van der Waals surface area contributed by atoms with Crippen molar-refractivity contribution in [2.24, 2.45) is 22.7 Å². The number of rotatable bonds is 7. The van der Waals surface area contributed by atoms with Gasteiger partial charge in [0.05, 0.1) is 10.6 Å². The van der Waals surface area contributed by atoms with Gasteiger partial charge in [-0.25, -0.2) is 0 Å². The van der Waals surface area contributed by atoms with E-state index in [1.807, 2.05) is 12.1 Å². The van der Waals surface area contributed by atoms with Crippen molar-refractivity contribution < 1.29 is 4.79 Å². The first kappa shape index (κ1) is 21.3. The van der Waals surface area contributed by atoms with Gasteiger partial charge in [0.25, 0.3) is 0 Å². The number of nitriles is 1. The smallest absolute Gasteiger partial charge is 0.222 e. The van der Waals surface area contributed by atoms with Crippen LogP contribution in [0.2, 0.25) is 5.02 Å². The minimum absolute atomic E-state index is 0.361. The predicted molar refractivity (Wildman–Crippen MR) is 124 cm³/mol. The molecule has 0 bridgehead atoms. The van der Waals surface area contributed by atoms with Crippen molar-refractivity contribution in [2.45, 2.75) is 83.5 Å². The lowest BCUT2D eigenvalue weighted by molar-refractivity contribution is -0.130. The molecule has 3 nitrogen and oxygen atoms in total. The van der Waals surface area contributed by atoms with Crippen molar-refractivity contribution in [3.8, 4) is 6.07 Å². The topological polar surface area (TPSA) is 44.1 Å². The number of aryl methyl sites for hydroxylation is 1. The lowest BCUT2D eigenvalue weighted by Crippen LogP contribution is -2.30. The first-order valence-electron chi connectivity index (χ1n) is 12.5. The normalized spacial score (nSPS) is 30.5. The number of nitrogens with zero attached hydrogens (tertiary/aromatic N) is 2. The van der Waals surface area contributed by atoms with Crippen LogP contribution in [-0.4, -0.2) is 23.9 Å². The molecule has 1 aromatic carbocycles. The van der Waals surface area contributed by atoms with Crippen molar-refractivity contribution >= 4 is 17.5 Å². The van der Waals surface area contributed by atoms with Crippen LogP contribution in [0.25, 0.3) is 0 Å². The molecule has 4 fully saturated rings. The molecule has 3 aliphatic carbocycles. The van der Waals surface area contributed by atoms with Crippen molar-refractivity contribution in [1.82, 2.24) is 4.90 Å². The Morgan fingerprint density at radius 1 is 1.16 bits per heavy atom. The molecule has 5 rings (SSSR count). The third-order valence-electron chi connectivity index (χ3n) is 8.99. The highest BCUT2D eigenvalue weighted by atomic mass is 35.5. The van der Waals surface area contributed by atoms with Crippen molar-refractivity contribution in [3.05, 3.63) is 34.3 Å². The highest BCUT2D eigenvalue weighted by molar-refractivity contribution is 6.31. The second-order valence-electron chi connectivity index (χ2n) is 11.1. The summed E-state index contributed by atoms with van der Waals surface area (Å²) < 4.78 is 0. The molecule has 4 aliphatic rings. The molecule has 31 heavy (non-hydrogen) atoms. The van der Waals surface area contributed by atoms with Crippen LogP contribution in [0.15, 0.2) is 18.2 Å². The van der Waals surface area contributed by atoms with E-state index in [1.165, 1.54) is 76.2 Å². The first-order valence-corrected chi connectivity index (χ1v) is 12.9. The summed E-state index contributed by atoms with van der Waals surface area (Å²) in [6, 6.07) is 8.09. The summed E-state index contributed by atoms with van der Waals surface area (Å²) in [5.74, 6) is 1.96. The zero-order valence-corrected chi connectivity index (χ0v) is 19.4. The Morgan fingerprint density at radius 2 is 1.97 bits per heavy atom. The maximum Gasteiger partial charge on any atom is 0.222 e. The van der Waals surface area contributed by atoms with Crippen LogP contribution in [-0.2, 0) is 11.2 Å². The summed E-state index contributed by atoms with van der Waals surface area (Å²) in [6.07, 6.45) is 16.3. The van der Waals surface area contributed by atoms with Gasteiger partial charge < -0.3 is 4.90 Å². The average molecular weight is 439 g/mol. The third kappa shape index (κ3) is 4.38. The molecule has 2 atom stereocenters. The maximum atomic E-state index is 12.8. The number of likely N-dealkylation sites (tertiary alicyclic amines) is 1. The molecule has 1 aromatic rings. The Kier molecular flexibility index (Phi) is 5.80. The summed E-state index contributed by atoms with van der Waals surface area (Å²) >= 11 is 6.31. The molecule has 1 aliphatic heterocycles. The van der Waals surface area contributed by atoms with Gasteiger partial charge in [-0.2, -0.15) is 5.26 Å². The second-order valence-corrected chi connectivity index (χ2v) is 11.5. The van der Waals surface area contributed by atoms with Gasteiger partial charge in [0.1, 0.15) is 6.07 Å². The number of carbonyl (C=O) groups is 1. The Morgan fingerprint density at radius 3 is 2.68 bits per heavy atom. The summed E-state index contributed by atoms with van der Waals surface area (Å²) in [7, 11) is 0. The largest absolute Gasteiger partial charge is 0.342 e. The molecule has 1 amide bonds. The molecule has 1 heterocycles. The second kappa shape index (κ2) is 8.43. The van der Waals surface area contributed by atoms with E-state index in [0.29, 0.717) is 33.2 Å². The van der Waals surface area contributed by atoms with E-state index in [0.717, 1.165) is 31.8 Å². The van der Waals surface area contributed by atoms with Gasteiger partial charge in [-0.05, 0) is 85.3 Å². The van der Waals surface area contributed by atoms with Gasteiger partial charge in [-0.1, -0.05) is 49.8 Å². The van der Waals surface area contributed by atoms with E-state index in [1.54, 1.807) is 0 Å². The van der Waals surface area contributed by atoms with E-state index < -0.39 is 0 Å². The first-order chi connectivity index (χ1) is 15.0. The molecule has 0 N–H and O–H groups in total. The fourth-order valence-corrected chi connectivity index (χ4v) is 7.09. The van der Waals surface area contributed by atoms with Crippen LogP contribution in [0.5, 0.6) is 0 Å². The molecule has 0 aromatic heterocycles. The molecule has 1 saturated heterocycles. The highest BCUT2D eigenvalue weighted by Gasteiger charge is 2.68. The third-order valence-corrected chi connectivity index (χ3v) is 9.31. The standard InChI is InChI=1S/C27H35ClN2O/c28-24-14-21(8-9-23(24)17-29)10-11-26(16-22-4-2-1-3-5-22)18-27(26)12-13-30(19-27)25(31)15-20-6-7-20/h8-9,14,20,22H,1-7,10-13,15-16,18-19H2/t26?,27-/m0/s1. The monoisotopic (exact) mass is 438 g/mol. The van der Waals surface area contributed by atoms with Crippen molar-refractivity contribution in [3.63, 3.8) is 0 Å². The Labute approximate surface area is 192 Å². The molecule has 166 valence electrons. The number of carbonyl (C=O) groups excluding carboxylic acids is 1. The summed E-state index contributed by atoms with van der Waals surface area (Å²) in [6.45, 7) is 1.97. The molecule has 4 heteroatoms. The van der Waals surface area contributed by atoms with Gasteiger partial charge >= 0.3 is 0 Å². The molecule has 0 radical (unpaired) electrons. The van der Waals surface area contributed by atoms with E-state index in [-0.39, 0.29) is 0 Å². The fourth-order valence-electron chi connectivity index (χ4n) is 6.84.